The molecule has 136 valence electrons. The average Bonchev–Trinajstić information content (AvgIpc) is 2.60. The van der Waals surface area contributed by atoms with E-state index in [9.17, 15) is 14.4 Å². The fourth-order valence-electron chi connectivity index (χ4n) is 2.14. The number of amides is 2. The third-order valence-electron chi connectivity index (χ3n) is 3.56. The first-order valence-corrected chi connectivity index (χ1v) is 8.31. The van der Waals surface area contributed by atoms with Crippen LogP contribution in [0.5, 0.6) is 5.75 Å². The van der Waals surface area contributed by atoms with Gasteiger partial charge in [0, 0.05) is 30.6 Å². The van der Waals surface area contributed by atoms with Gasteiger partial charge in [-0.25, -0.2) is 0 Å². The second kappa shape index (κ2) is 8.80. The highest BCUT2D eigenvalue weighted by atomic mass is 16.5. The topological polar surface area (TPSA) is 84.5 Å². The molecule has 0 aliphatic heterocycles. The van der Waals surface area contributed by atoms with Crippen LogP contribution in [0.3, 0.4) is 0 Å². The molecule has 0 unspecified atom stereocenters. The molecule has 2 N–H and O–H groups in total. The van der Waals surface area contributed by atoms with Gasteiger partial charge in [-0.2, -0.15) is 0 Å². The van der Waals surface area contributed by atoms with Gasteiger partial charge in [0.2, 0.25) is 5.91 Å². The molecule has 0 aliphatic carbocycles. The Morgan fingerprint density at radius 2 is 1.73 bits per heavy atom. The van der Waals surface area contributed by atoms with Crippen molar-refractivity contribution >= 4 is 23.5 Å². The number of hydrogen-bond donors (Lipinski definition) is 2. The maximum absolute atomic E-state index is 12.2. The normalized spacial score (nSPS) is 10.3. The van der Waals surface area contributed by atoms with Crippen molar-refractivity contribution in [3.63, 3.8) is 0 Å². The predicted molar refractivity (Wildman–Crippen MR) is 98.8 cm³/mol. The van der Waals surface area contributed by atoms with Gasteiger partial charge in [0.15, 0.2) is 0 Å². The summed E-state index contributed by atoms with van der Waals surface area (Å²) in [7, 11) is 0. The molecule has 2 rings (SSSR count). The molecule has 6 nitrogen and oxygen atoms in total. The molecule has 0 saturated carbocycles. The third kappa shape index (κ3) is 5.73. The Balaban J connectivity index is 1.93. The number of rotatable bonds is 6. The Kier molecular flexibility index (Phi) is 6.49. The highest BCUT2D eigenvalue weighted by Crippen LogP contribution is 2.14. The maximum atomic E-state index is 12.2. The van der Waals surface area contributed by atoms with Crippen LogP contribution in [-0.4, -0.2) is 17.8 Å². The van der Waals surface area contributed by atoms with Gasteiger partial charge in [-0.1, -0.05) is 32.0 Å². The number of nitrogens with one attached hydrogen (secondary N) is 2. The molecule has 0 radical (unpaired) electrons. The summed E-state index contributed by atoms with van der Waals surface area (Å²) in [5.74, 6) is -0.505. The first-order chi connectivity index (χ1) is 12.3. The van der Waals surface area contributed by atoms with Crippen LogP contribution in [0, 0.1) is 5.92 Å². The summed E-state index contributed by atoms with van der Waals surface area (Å²) in [6.07, 6.45) is 0. The number of anilines is 1. The van der Waals surface area contributed by atoms with Crippen molar-refractivity contribution in [3.05, 3.63) is 59.7 Å². The van der Waals surface area contributed by atoms with E-state index in [1.165, 1.54) is 13.0 Å². The molecule has 0 aromatic heterocycles. The zero-order valence-corrected chi connectivity index (χ0v) is 15.0. The Bertz CT molecular complexity index is 798. The molecular formula is C20H22N2O4. The lowest BCUT2D eigenvalue weighted by atomic mass is 10.1. The smallest absolute Gasteiger partial charge is 0.308 e. The standard InChI is InChI=1S/C20H22N2O4/c1-13(2)19(24)22-17-9-7-15(8-10-17)12-21-20(25)16-5-4-6-18(11-16)26-14(3)23/h4-11,13H,12H2,1-3H3,(H,21,25)(H,22,24). The van der Waals surface area contributed by atoms with E-state index in [0.29, 0.717) is 23.5 Å². The van der Waals surface area contributed by atoms with Gasteiger partial charge in [-0.05, 0) is 35.9 Å². The van der Waals surface area contributed by atoms with Gasteiger partial charge in [-0.3, -0.25) is 14.4 Å². The number of hydrogen-bond acceptors (Lipinski definition) is 4. The molecule has 0 aliphatic rings. The molecule has 0 fully saturated rings. The van der Waals surface area contributed by atoms with Crippen molar-refractivity contribution in [1.82, 2.24) is 5.32 Å². The van der Waals surface area contributed by atoms with Crippen LogP contribution in [0.1, 0.15) is 36.7 Å². The first-order valence-electron chi connectivity index (χ1n) is 8.31. The lowest BCUT2D eigenvalue weighted by Gasteiger charge is -2.09. The molecule has 26 heavy (non-hydrogen) atoms. The van der Waals surface area contributed by atoms with Crippen LogP contribution in [0.15, 0.2) is 48.5 Å². The molecule has 0 bridgehead atoms. The van der Waals surface area contributed by atoms with Crippen LogP contribution >= 0.6 is 0 Å². The molecule has 0 spiro atoms. The van der Waals surface area contributed by atoms with Gasteiger partial charge in [0.25, 0.3) is 5.91 Å². The zero-order chi connectivity index (χ0) is 19.1. The van der Waals surface area contributed by atoms with E-state index in [2.05, 4.69) is 10.6 Å². The summed E-state index contributed by atoms with van der Waals surface area (Å²) in [5.41, 5.74) is 2.02. The van der Waals surface area contributed by atoms with E-state index in [1.54, 1.807) is 30.3 Å². The predicted octanol–water partition coefficient (Wildman–Crippen LogP) is 3.14. The monoisotopic (exact) mass is 354 g/mol. The Morgan fingerprint density at radius 1 is 1.04 bits per heavy atom. The quantitative estimate of drug-likeness (QED) is 0.616. The van der Waals surface area contributed by atoms with E-state index in [4.69, 9.17) is 4.74 Å². The van der Waals surface area contributed by atoms with Crippen molar-refractivity contribution < 1.29 is 19.1 Å². The van der Waals surface area contributed by atoms with Gasteiger partial charge >= 0.3 is 5.97 Å². The average molecular weight is 354 g/mol. The van der Waals surface area contributed by atoms with Crippen molar-refractivity contribution in [2.75, 3.05) is 5.32 Å². The summed E-state index contributed by atoms with van der Waals surface area (Å²) in [5, 5.41) is 5.62. The third-order valence-corrected chi connectivity index (χ3v) is 3.56. The van der Waals surface area contributed by atoms with Crippen molar-refractivity contribution in [2.45, 2.75) is 27.3 Å². The highest BCUT2D eigenvalue weighted by Gasteiger charge is 2.09. The zero-order valence-electron chi connectivity index (χ0n) is 15.0. The molecule has 2 amide bonds. The molecule has 2 aromatic carbocycles. The number of esters is 1. The lowest BCUT2D eigenvalue weighted by Crippen LogP contribution is -2.23. The second-order valence-electron chi connectivity index (χ2n) is 6.15. The van der Waals surface area contributed by atoms with Gasteiger partial charge < -0.3 is 15.4 Å². The fourth-order valence-corrected chi connectivity index (χ4v) is 2.14. The highest BCUT2D eigenvalue weighted by molar-refractivity contribution is 5.94. The summed E-state index contributed by atoms with van der Waals surface area (Å²) < 4.78 is 4.98. The molecule has 0 saturated heterocycles. The van der Waals surface area contributed by atoms with Crippen LogP contribution in [0.4, 0.5) is 5.69 Å². The molecule has 2 aromatic rings. The number of benzene rings is 2. The van der Waals surface area contributed by atoms with Crippen molar-refractivity contribution in [3.8, 4) is 5.75 Å². The number of carbonyl (C=O) groups is 3. The van der Waals surface area contributed by atoms with E-state index >= 15 is 0 Å². The minimum Gasteiger partial charge on any atom is -0.427 e. The van der Waals surface area contributed by atoms with Crippen LogP contribution in [-0.2, 0) is 16.1 Å². The summed E-state index contributed by atoms with van der Waals surface area (Å²) in [6.45, 7) is 5.31. The summed E-state index contributed by atoms with van der Waals surface area (Å²) >= 11 is 0. The van der Waals surface area contributed by atoms with Gasteiger partial charge in [0.05, 0.1) is 0 Å². The Labute approximate surface area is 152 Å². The first kappa shape index (κ1) is 19.2. The molecular weight excluding hydrogens is 332 g/mol. The largest absolute Gasteiger partial charge is 0.427 e. The van der Waals surface area contributed by atoms with Crippen molar-refractivity contribution in [2.24, 2.45) is 5.92 Å². The minimum absolute atomic E-state index is 0.0429. The number of carbonyl (C=O) groups excluding carboxylic acids is 3. The summed E-state index contributed by atoms with van der Waals surface area (Å²) in [6, 6.07) is 13.7. The fraction of sp³-hybridized carbons (Fsp3) is 0.250. The van der Waals surface area contributed by atoms with Crippen molar-refractivity contribution in [1.29, 1.82) is 0 Å². The van der Waals surface area contributed by atoms with E-state index in [-0.39, 0.29) is 17.7 Å². The van der Waals surface area contributed by atoms with Gasteiger partial charge in [0.1, 0.15) is 5.75 Å². The Hall–Kier alpha value is -3.15. The molecule has 6 heteroatoms. The van der Waals surface area contributed by atoms with E-state index in [0.717, 1.165) is 5.56 Å². The van der Waals surface area contributed by atoms with Gasteiger partial charge in [-0.15, -0.1) is 0 Å². The summed E-state index contributed by atoms with van der Waals surface area (Å²) in [4.78, 5) is 34.9. The van der Waals surface area contributed by atoms with Crippen LogP contribution in [0.25, 0.3) is 0 Å². The van der Waals surface area contributed by atoms with E-state index in [1.807, 2.05) is 26.0 Å². The lowest BCUT2D eigenvalue weighted by molar-refractivity contribution is -0.131. The second-order valence-corrected chi connectivity index (χ2v) is 6.15. The maximum Gasteiger partial charge on any atom is 0.308 e. The van der Waals surface area contributed by atoms with Crippen LogP contribution in [0.2, 0.25) is 0 Å². The number of ether oxygens (including phenoxy) is 1. The minimum atomic E-state index is -0.438. The molecule has 0 atom stereocenters. The SMILES string of the molecule is CC(=O)Oc1cccc(C(=O)NCc2ccc(NC(=O)C(C)C)cc2)c1. The van der Waals surface area contributed by atoms with E-state index < -0.39 is 5.97 Å². The molecule has 0 heterocycles. The van der Waals surface area contributed by atoms with Crippen LogP contribution < -0.4 is 15.4 Å². The Morgan fingerprint density at radius 3 is 2.35 bits per heavy atom.